The Morgan fingerprint density at radius 1 is 0.625 bits per heavy atom. The topological polar surface area (TPSA) is 210 Å². The molecule has 8 rings (SSSR count). The molecule has 4 aromatic carbocycles. The molecule has 0 spiro atoms. The molecule has 0 bridgehead atoms. The summed E-state index contributed by atoms with van der Waals surface area (Å²) in [5.41, 5.74) is 3.62. The van der Waals surface area contributed by atoms with Crippen LogP contribution in [-0.2, 0) is 20.2 Å². The Morgan fingerprint density at radius 3 is 1.33 bits per heavy atom. The van der Waals surface area contributed by atoms with Gasteiger partial charge >= 0.3 is 29.6 Å². The molecule has 0 aliphatic carbocycles. The first-order valence-corrected chi connectivity index (χ1v) is 25.1. The Labute approximate surface area is 401 Å². The number of amides is 2. The van der Waals surface area contributed by atoms with Gasteiger partial charge in [0.2, 0.25) is 0 Å². The van der Waals surface area contributed by atoms with Crippen molar-refractivity contribution in [3.05, 3.63) is 107 Å². The minimum Gasteiger partial charge on any atom is -0.493 e. The first-order valence-electron chi connectivity index (χ1n) is 19.6. The maximum absolute atomic E-state index is 14.0. The van der Waals surface area contributed by atoms with Crippen LogP contribution in [0.4, 0.5) is 11.4 Å². The number of ether oxygens (including phenoxy) is 4. The van der Waals surface area contributed by atoms with Crippen LogP contribution in [0.3, 0.4) is 0 Å². The SMILES string of the molecule is COc1cc2c(cc1OCCCOc1cc3c(cc1OC)C(=O)N1C=C(c4ccc(SC)cc4)C[C@H]1C(S(=O)(=O)O)N3)NC(S(=O)(=O)O)[C@@H]1CC(c3ccc(SC)cc3)=CN1C2=O.[Na+]. The van der Waals surface area contributed by atoms with Gasteiger partial charge in [-0.05, 0) is 84.0 Å². The molecule has 4 aromatic rings. The van der Waals surface area contributed by atoms with Gasteiger partial charge in [-0.3, -0.25) is 18.7 Å². The molecule has 0 radical (unpaired) electrons. The van der Waals surface area contributed by atoms with Gasteiger partial charge in [0.1, 0.15) is 0 Å². The van der Waals surface area contributed by atoms with Crippen LogP contribution < -0.4 is 59.1 Å². The van der Waals surface area contributed by atoms with E-state index in [1.165, 1.54) is 48.3 Å². The molecule has 64 heavy (non-hydrogen) atoms. The van der Waals surface area contributed by atoms with Gasteiger partial charge in [0.15, 0.2) is 33.7 Å². The van der Waals surface area contributed by atoms with E-state index in [1.807, 2.05) is 61.0 Å². The molecule has 332 valence electrons. The van der Waals surface area contributed by atoms with Gasteiger partial charge in [-0.1, -0.05) is 24.3 Å². The van der Waals surface area contributed by atoms with E-state index in [4.69, 9.17) is 18.9 Å². The van der Waals surface area contributed by atoms with Crippen molar-refractivity contribution in [1.29, 1.82) is 0 Å². The third-order valence-electron chi connectivity index (χ3n) is 11.4. The van der Waals surface area contributed by atoms with E-state index in [1.54, 1.807) is 35.9 Å². The number of carbonyl (C=O) groups excluding carboxylic acids is 2. The van der Waals surface area contributed by atoms with Crippen molar-refractivity contribution in [2.75, 3.05) is 50.6 Å². The zero-order valence-electron chi connectivity index (χ0n) is 35.4. The normalized spacial score (nSPS) is 20.2. The van der Waals surface area contributed by atoms with Crippen molar-refractivity contribution in [1.82, 2.24) is 9.80 Å². The predicted molar refractivity (Wildman–Crippen MR) is 241 cm³/mol. The average molecular weight is 960 g/mol. The summed E-state index contributed by atoms with van der Waals surface area (Å²) in [6, 6.07) is 19.3. The summed E-state index contributed by atoms with van der Waals surface area (Å²) in [5.74, 6) is -0.196. The minimum atomic E-state index is -4.72. The third kappa shape index (κ3) is 9.48. The maximum Gasteiger partial charge on any atom is 1.00 e. The van der Waals surface area contributed by atoms with Gasteiger partial charge in [-0.25, -0.2) is 0 Å². The number of thioether (sulfide) groups is 2. The van der Waals surface area contributed by atoms with E-state index in [-0.39, 0.29) is 108 Å². The van der Waals surface area contributed by atoms with E-state index in [9.17, 15) is 35.5 Å². The van der Waals surface area contributed by atoms with Crippen LogP contribution in [0.2, 0.25) is 0 Å². The molecule has 16 nitrogen and oxygen atoms in total. The summed E-state index contributed by atoms with van der Waals surface area (Å²) in [6.07, 6.45) is 7.78. The minimum absolute atomic E-state index is 0. The number of nitrogens with one attached hydrogen (secondary N) is 2. The van der Waals surface area contributed by atoms with E-state index >= 15 is 0 Å². The second-order valence-corrected chi connectivity index (χ2v) is 19.9. The number of hydrogen-bond acceptors (Lipinski definition) is 14. The van der Waals surface area contributed by atoms with Crippen molar-refractivity contribution in [2.24, 2.45) is 0 Å². The van der Waals surface area contributed by atoms with Crippen LogP contribution in [0.5, 0.6) is 23.0 Å². The average Bonchev–Trinajstić information content (AvgIpc) is 3.86. The number of carbonyl (C=O) groups is 2. The molecule has 2 unspecified atom stereocenters. The quantitative estimate of drug-likeness (QED) is 0.0614. The van der Waals surface area contributed by atoms with Gasteiger partial charge in [0.25, 0.3) is 32.1 Å². The monoisotopic (exact) mass is 959 g/mol. The van der Waals surface area contributed by atoms with Crippen LogP contribution in [-0.4, -0.2) is 110 Å². The Bertz CT molecular complexity index is 2570. The first kappa shape index (κ1) is 47.6. The summed E-state index contributed by atoms with van der Waals surface area (Å²) >= 11 is 3.17. The predicted octanol–water partition coefficient (Wildman–Crippen LogP) is 3.79. The van der Waals surface area contributed by atoms with E-state index in [0.29, 0.717) is 0 Å². The number of methoxy groups -OCH3 is 2. The van der Waals surface area contributed by atoms with Gasteiger partial charge in [0.05, 0.1) is 62.0 Å². The van der Waals surface area contributed by atoms with Crippen LogP contribution in [0.25, 0.3) is 11.1 Å². The Balaban J connectivity index is 0.00000612. The van der Waals surface area contributed by atoms with Crippen LogP contribution in [0.15, 0.2) is 95.0 Å². The van der Waals surface area contributed by atoms with E-state index in [0.717, 1.165) is 32.1 Å². The Hall–Kier alpha value is -4.38. The van der Waals surface area contributed by atoms with Crippen molar-refractivity contribution in [2.45, 2.75) is 51.9 Å². The molecular weight excluding hydrogens is 916 g/mol. The third-order valence-corrected chi connectivity index (χ3v) is 15.0. The fourth-order valence-electron chi connectivity index (χ4n) is 8.20. The first-order chi connectivity index (χ1) is 30.1. The molecule has 2 amide bonds. The van der Waals surface area contributed by atoms with Crippen molar-refractivity contribution < 1.29 is 84.0 Å². The maximum atomic E-state index is 14.0. The summed E-state index contributed by atoms with van der Waals surface area (Å²) in [5, 5.41) is 2.66. The largest absolute Gasteiger partial charge is 1.00 e. The van der Waals surface area contributed by atoms with Gasteiger partial charge in [-0.15, -0.1) is 23.5 Å². The van der Waals surface area contributed by atoms with Gasteiger partial charge in [0, 0.05) is 40.7 Å². The standard InChI is InChI=1S/C43H44N4O12S4.Na/c1-56-36-18-30-32(44-40(62(50,51)52)34-16-26(22-46(34)42(30)48)24-6-10-28(60-3)11-7-24)20-38(36)58-14-5-15-59-39-21-33-31(19-37(39)57-2)43(49)47-23-27(25-8-12-29(61-4)13-9-25)17-35(47)41(45-33)63(53,54)55;/h6-13,18-23,34-35,40-41,44-45H,5,14-17H2,1-4H3,(H,50,51,52)(H,53,54,55);/q;+1/t34-,35-,40?,41?;/m0./s1. The fraction of sp³-hybridized carbons (Fsp3) is 0.302. The van der Waals surface area contributed by atoms with Crippen molar-refractivity contribution in [3.63, 3.8) is 0 Å². The number of rotatable bonds is 14. The Kier molecular flexibility index (Phi) is 14.3. The number of nitrogens with zero attached hydrogens (tertiary/aromatic N) is 2. The second kappa shape index (κ2) is 19.2. The smallest absolute Gasteiger partial charge is 0.493 e. The van der Waals surface area contributed by atoms with Gasteiger partial charge < -0.3 is 39.4 Å². The number of fused-ring (bicyclic) bond motifs is 4. The molecule has 4 heterocycles. The molecule has 4 aliphatic rings. The van der Waals surface area contributed by atoms with Gasteiger partial charge in [-0.2, -0.15) is 16.8 Å². The number of benzene rings is 4. The zero-order valence-corrected chi connectivity index (χ0v) is 40.7. The summed E-state index contributed by atoms with van der Waals surface area (Å²) in [7, 11) is -6.64. The molecule has 0 fully saturated rings. The van der Waals surface area contributed by atoms with Crippen LogP contribution in [0, 0.1) is 0 Å². The molecular formula is C43H44N4NaO12S4+. The van der Waals surface area contributed by atoms with E-state index in [2.05, 4.69) is 10.6 Å². The molecule has 0 saturated carbocycles. The number of anilines is 2. The molecule has 4 atom stereocenters. The summed E-state index contributed by atoms with van der Waals surface area (Å²) in [6.45, 7) is 0.113. The number of hydrogen-bond donors (Lipinski definition) is 4. The molecule has 21 heteroatoms. The van der Waals surface area contributed by atoms with E-state index < -0.39 is 54.9 Å². The second-order valence-electron chi connectivity index (χ2n) is 15.0. The van der Waals surface area contributed by atoms with Crippen molar-refractivity contribution >= 4 is 78.1 Å². The molecule has 0 saturated heterocycles. The van der Waals surface area contributed by atoms with Crippen LogP contribution >= 0.6 is 23.5 Å². The summed E-state index contributed by atoms with van der Waals surface area (Å²) < 4.78 is 95.4. The Morgan fingerprint density at radius 2 is 1.00 bits per heavy atom. The zero-order chi connectivity index (χ0) is 44.8. The molecule has 4 aliphatic heterocycles. The fourth-order valence-corrected chi connectivity index (χ4v) is 10.8. The summed E-state index contributed by atoms with van der Waals surface area (Å²) in [4.78, 5) is 32.8. The van der Waals surface area contributed by atoms with Crippen LogP contribution in [0.1, 0.15) is 51.1 Å². The molecule has 4 N–H and O–H groups in total. The van der Waals surface area contributed by atoms with Crippen molar-refractivity contribution in [3.8, 4) is 23.0 Å². The molecule has 0 aromatic heterocycles.